The Labute approximate surface area is 129 Å². The first-order valence-corrected chi connectivity index (χ1v) is 8.26. The van der Waals surface area contributed by atoms with Crippen molar-refractivity contribution in [3.63, 3.8) is 0 Å². The molecule has 118 valence electrons. The van der Waals surface area contributed by atoms with E-state index in [0.717, 1.165) is 24.8 Å². The van der Waals surface area contributed by atoms with Gasteiger partial charge in [-0.2, -0.15) is 0 Å². The molecule has 0 spiro atoms. The van der Waals surface area contributed by atoms with Crippen molar-refractivity contribution in [3.05, 3.63) is 29.8 Å². The molecule has 21 heavy (non-hydrogen) atoms. The first-order valence-electron chi connectivity index (χ1n) is 8.26. The molecular formula is C18H30N2O. The fraction of sp³-hybridized carbons (Fsp3) is 0.667. The predicted octanol–water partition coefficient (Wildman–Crippen LogP) is 3.47. The van der Waals surface area contributed by atoms with E-state index in [1.165, 1.54) is 24.9 Å². The Kier molecular flexibility index (Phi) is 6.07. The van der Waals surface area contributed by atoms with Crippen LogP contribution in [0, 0.1) is 5.92 Å². The van der Waals surface area contributed by atoms with Crippen LogP contribution in [0.1, 0.15) is 45.2 Å². The van der Waals surface area contributed by atoms with Crippen LogP contribution in [-0.2, 0) is 0 Å². The van der Waals surface area contributed by atoms with Crippen LogP contribution in [0.5, 0.6) is 5.75 Å². The van der Waals surface area contributed by atoms with Gasteiger partial charge in [0.05, 0.1) is 7.11 Å². The smallest absolute Gasteiger partial charge is 0.123 e. The van der Waals surface area contributed by atoms with Gasteiger partial charge in [0.2, 0.25) is 0 Å². The molecule has 1 aliphatic rings. The zero-order chi connectivity index (χ0) is 15.2. The fourth-order valence-corrected chi connectivity index (χ4v) is 2.84. The summed E-state index contributed by atoms with van der Waals surface area (Å²) in [5.41, 5.74) is 1.27. The molecule has 1 fully saturated rings. The van der Waals surface area contributed by atoms with Gasteiger partial charge in [0.25, 0.3) is 0 Å². The van der Waals surface area contributed by atoms with E-state index < -0.39 is 0 Å². The first kappa shape index (κ1) is 16.3. The van der Waals surface area contributed by atoms with E-state index in [9.17, 15) is 0 Å². The normalized spacial score (nSPS) is 16.5. The van der Waals surface area contributed by atoms with E-state index in [2.05, 4.69) is 49.2 Å². The second kappa shape index (κ2) is 7.81. The highest BCUT2D eigenvalue weighted by Gasteiger charge is 2.27. The number of rotatable bonds is 9. The summed E-state index contributed by atoms with van der Waals surface area (Å²) >= 11 is 0. The van der Waals surface area contributed by atoms with Crippen LogP contribution >= 0.6 is 0 Å². The maximum absolute atomic E-state index is 5.55. The number of para-hydroxylation sites is 1. The van der Waals surface area contributed by atoms with Crippen LogP contribution < -0.4 is 10.1 Å². The van der Waals surface area contributed by atoms with Crippen LogP contribution in [0.2, 0.25) is 0 Å². The summed E-state index contributed by atoms with van der Waals surface area (Å²) in [7, 11) is 1.76. The molecule has 2 rings (SSSR count). The summed E-state index contributed by atoms with van der Waals surface area (Å²) in [5.74, 6) is 1.91. The number of benzene rings is 1. The third-order valence-corrected chi connectivity index (χ3v) is 4.30. The first-order chi connectivity index (χ1) is 10.2. The van der Waals surface area contributed by atoms with Crippen LogP contribution in [0.3, 0.4) is 0 Å². The van der Waals surface area contributed by atoms with Crippen molar-refractivity contribution in [1.29, 1.82) is 0 Å². The lowest BCUT2D eigenvalue weighted by Crippen LogP contribution is -2.40. The number of nitrogens with zero attached hydrogens (tertiary/aromatic N) is 1. The second-order valence-electron chi connectivity index (χ2n) is 6.34. The van der Waals surface area contributed by atoms with E-state index in [4.69, 9.17) is 4.74 Å². The van der Waals surface area contributed by atoms with Crippen molar-refractivity contribution >= 4 is 0 Å². The molecule has 0 aliphatic heterocycles. The minimum atomic E-state index is 0.326. The van der Waals surface area contributed by atoms with Crippen molar-refractivity contribution in [3.8, 4) is 5.75 Å². The number of methoxy groups -OCH3 is 1. The van der Waals surface area contributed by atoms with Crippen molar-refractivity contribution in [1.82, 2.24) is 10.2 Å². The Balaban J connectivity index is 2.12. The molecule has 0 aromatic heterocycles. The average Bonchev–Trinajstić information content (AvgIpc) is 3.29. The highest BCUT2D eigenvalue weighted by molar-refractivity contribution is 5.36. The monoisotopic (exact) mass is 290 g/mol. The molecule has 1 saturated carbocycles. The molecule has 0 saturated heterocycles. The van der Waals surface area contributed by atoms with Gasteiger partial charge in [-0.05, 0) is 45.2 Å². The maximum Gasteiger partial charge on any atom is 0.123 e. The summed E-state index contributed by atoms with van der Waals surface area (Å²) in [5, 5.41) is 3.63. The van der Waals surface area contributed by atoms with Crippen molar-refractivity contribution in [2.24, 2.45) is 5.92 Å². The SMILES string of the molecule is CCNC(CN(CC1CC1)C(C)C)c1ccccc1OC. The molecule has 1 aromatic carbocycles. The van der Waals surface area contributed by atoms with Gasteiger partial charge in [-0.3, -0.25) is 4.90 Å². The lowest BCUT2D eigenvalue weighted by atomic mass is 10.0. The summed E-state index contributed by atoms with van der Waals surface area (Å²) in [6.07, 6.45) is 2.81. The highest BCUT2D eigenvalue weighted by Crippen LogP contribution is 2.32. The number of ether oxygens (including phenoxy) is 1. The van der Waals surface area contributed by atoms with Crippen LogP contribution in [-0.4, -0.2) is 37.7 Å². The van der Waals surface area contributed by atoms with Gasteiger partial charge < -0.3 is 10.1 Å². The third kappa shape index (κ3) is 4.72. The van der Waals surface area contributed by atoms with Crippen LogP contribution in [0.15, 0.2) is 24.3 Å². The van der Waals surface area contributed by atoms with Gasteiger partial charge in [-0.1, -0.05) is 25.1 Å². The maximum atomic E-state index is 5.55. The van der Waals surface area contributed by atoms with Crippen molar-refractivity contribution in [2.75, 3.05) is 26.7 Å². The molecule has 0 bridgehead atoms. The second-order valence-corrected chi connectivity index (χ2v) is 6.34. The van der Waals surface area contributed by atoms with E-state index in [1.54, 1.807) is 7.11 Å². The molecule has 0 amide bonds. The lowest BCUT2D eigenvalue weighted by Gasteiger charge is -2.32. The number of likely N-dealkylation sites (N-methyl/N-ethyl adjacent to an activating group) is 1. The lowest BCUT2D eigenvalue weighted by molar-refractivity contribution is 0.189. The average molecular weight is 290 g/mol. The van der Waals surface area contributed by atoms with E-state index >= 15 is 0 Å². The molecule has 1 atom stereocenters. The Morgan fingerprint density at radius 2 is 2.00 bits per heavy atom. The molecule has 1 aliphatic carbocycles. The van der Waals surface area contributed by atoms with Crippen LogP contribution in [0.4, 0.5) is 0 Å². The Hall–Kier alpha value is -1.06. The minimum absolute atomic E-state index is 0.326. The molecule has 3 heteroatoms. The van der Waals surface area contributed by atoms with Gasteiger partial charge in [-0.25, -0.2) is 0 Å². The van der Waals surface area contributed by atoms with Crippen molar-refractivity contribution < 1.29 is 4.74 Å². The third-order valence-electron chi connectivity index (χ3n) is 4.30. The standard InChI is InChI=1S/C18H30N2O/c1-5-19-17(16-8-6-7-9-18(16)21-4)13-20(14(2)3)12-15-10-11-15/h6-9,14-15,17,19H,5,10-13H2,1-4H3. The molecule has 3 nitrogen and oxygen atoms in total. The molecule has 1 N–H and O–H groups in total. The molecule has 1 unspecified atom stereocenters. The Morgan fingerprint density at radius 3 is 2.57 bits per heavy atom. The fourth-order valence-electron chi connectivity index (χ4n) is 2.84. The molecule has 0 radical (unpaired) electrons. The summed E-state index contributed by atoms with van der Waals surface area (Å²) in [6, 6.07) is 9.29. The Bertz CT molecular complexity index is 429. The van der Waals surface area contributed by atoms with Gasteiger partial charge in [0.15, 0.2) is 0 Å². The zero-order valence-electron chi connectivity index (χ0n) is 13.9. The largest absolute Gasteiger partial charge is 0.496 e. The zero-order valence-corrected chi connectivity index (χ0v) is 13.9. The number of hydrogen-bond acceptors (Lipinski definition) is 3. The number of hydrogen-bond donors (Lipinski definition) is 1. The molecular weight excluding hydrogens is 260 g/mol. The summed E-state index contributed by atoms with van der Waals surface area (Å²) < 4.78 is 5.55. The highest BCUT2D eigenvalue weighted by atomic mass is 16.5. The van der Waals surface area contributed by atoms with E-state index in [-0.39, 0.29) is 0 Å². The van der Waals surface area contributed by atoms with Crippen molar-refractivity contribution in [2.45, 2.75) is 45.7 Å². The summed E-state index contributed by atoms with van der Waals surface area (Å²) in [6.45, 7) is 10.0. The minimum Gasteiger partial charge on any atom is -0.496 e. The van der Waals surface area contributed by atoms with Gasteiger partial charge in [0.1, 0.15) is 5.75 Å². The molecule has 0 heterocycles. The molecule has 1 aromatic rings. The quantitative estimate of drug-likeness (QED) is 0.753. The van der Waals surface area contributed by atoms with Crippen LogP contribution in [0.25, 0.3) is 0 Å². The van der Waals surface area contributed by atoms with E-state index in [1.807, 2.05) is 6.07 Å². The van der Waals surface area contributed by atoms with Gasteiger partial charge in [0, 0.05) is 30.7 Å². The predicted molar refractivity (Wildman–Crippen MR) is 88.8 cm³/mol. The van der Waals surface area contributed by atoms with E-state index in [0.29, 0.717) is 12.1 Å². The van der Waals surface area contributed by atoms with Gasteiger partial charge in [-0.15, -0.1) is 0 Å². The number of nitrogens with one attached hydrogen (secondary N) is 1. The summed E-state index contributed by atoms with van der Waals surface area (Å²) in [4.78, 5) is 2.61. The Morgan fingerprint density at radius 1 is 1.29 bits per heavy atom. The topological polar surface area (TPSA) is 24.5 Å². The van der Waals surface area contributed by atoms with Gasteiger partial charge >= 0.3 is 0 Å².